The van der Waals surface area contributed by atoms with Crippen LogP contribution in [0.25, 0.3) is 0 Å². The van der Waals surface area contributed by atoms with Crippen LogP contribution in [0.15, 0.2) is 0 Å². The van der Waals surface area contributed by atoms with E-state index in [1.54, 1.807) is 0 Å². The number of carboxylic acid groups (broad SMARTS) is 1. The lowest BCUT2D eigenvalue weighted by atomic mass is 10.1. The van der Waals surface area contributed by atoms with E-state index in [1.165, 1.54) is 0 Å². The molecule has 0 bridgehead atoms. The van der Waals surface area contributed by atoms with E-state index in [0.29, 0.717) is 5.92 Å². The molecule has 1 N–H and O–H groups in total. The van der Waals surface area contributed by atoms with E-state index < -0.39 is 5.97 Å². The van der Waals surface area contributed by atoms with Crippen molar-refractivity contribution in [3.05, 3.63) is 0 Å². The number of aliphatic carboxylic acids is 1. The first-order valence-corrected chi connectivity index (χ1v) is 3.86. The molecular weight excluding hydrogens is 152 g/mol. The highest BCUT2D eigenvalue weighted by Crippen LogP contribution is 2.48. The van der Waals surface area contributed by atoms with Crippen LogP contribution < -0.4 is 0 Å². The van der Waals surface area contributed by atoms with Gasteiger partial charge < -0.3 is 5.11 Å². The Labute approximate surface area is 65.2 Å². The highest BCUT2D eigenvalue weighted by molar-refractivity contribution is 6.24. The summed E-state index contributed by atoms with van der Waals surface area (Å²) in [5.41, 5.74) is 0. The topological polar surface area (TPSA) is 37.3 Å². The fourth-order valence-electron chi connectivity index (χ4n) is 1.38. The third-order valence-corrected chi connectivity index (χ3v) is 2.60. The normalized spacial score (nSPS) is 38.2. The van der Waals surface area contributed by atoms with Crippen LogP contribution in [0.5, 0.6) is 0 Å². The highest BCUT2D eigenvalue weighted by Gasteiger charge is 2.55. The predicted octanol–water partition coefficient (Wildman–Crippen LogP) is 1.58. The van der Waals surface area contributed by atoms with Gasteiger partial charge in [-0.25, -0.2) is 0 Å². The number of carbonyl (C=O) groups is 1. The maximum atomic E-state index is 10.4. The van der Waals surface area contributed by atoms with Crippen molar-refractivity contribution in [1.29, 1.82) is 0 Å². The van der Waals surface area contributed by atoms with Gasteiger partial charge in [0.2, 0.25) is 0 Å². The van der Waals surface area contributed by atoms with Crippen molar-refractivity contribution in [2.75, 3.05) is 0 Å². The van der Waals surface area contributed by atoms with Gasteiger partial charge in [0, 0.05) is 0 Å². The molecule has 0 heterocycles. The minimum atomic E-state index is -0.751. The average molecular weight is 163 g/mol. The lowest BCUT2D eigenvalue weighted by molar-refractivity contribution is -0.138. The molecular formula is C7H11ClO2. The Morgan fingerprint density at radius 3 is 2.20 bits per heavy atom. The highest BCUT2D eigenvalue weighted by atomic mass is 35.5. The number of rotatable bonds is 2. The summed E-state index contributed by atoms with van der Waals surface area (Å²) in [6, 6.07) is 0. The van der Waals surface area contributed by atoms with Crippen molar-refractivity contribution in [1.82, 2.24) is 0 Å². The first-order chi connectivity index (χ1) is 4.55. The molecule has 0 aromatic carbocycles. The number of alkyl halides is 1. The Hall–Kier alpha value is -0.240. The zero-order valence-corrected chi connectivity index (χ0v) is 6.80. The van der Waals surface area contributed by atoms with Gasteiger partial charge in [-0.2, -0.15) is 0 Å². The fourth-order valence-corrected chi connectivity index (χ4v) is 2.02. The lowest BCUT2D eigenvalue weighted by Gasteiger charge is -1.97. The molecule has 0 radical (unpaired) electrons. The minimum Gasteiger partial charge on any atom is -0.481 e. The van der Waals surface area contributed by atoms with Crippen LogP contribution in [0, 0.1) is 17.8 Å². The maximum Gasteiger partial charge on any atom is 0.308 e. The monoisotopic (exact) mass is 162 g/mol. The van der Waals surface area contributed by atoms with Crippen molar-refractivity contribution < 1.29 is 9.90 Å². The number of halogens is 1. The van der Waals surface area contributed by atoms with Crippen molar-refractivity contribution >= 4 is 17.6 Å². The SMILES string of the molecule is CC(C)[C@@H]1[C@@H](Cl)[C@@H]1C(=O)O. The van der Waals surface area contributed by atoms with Gasteiger partial charge in [0.25, 0.3) is 0 Å². The van der Waals surface area contributed by atoms with E-state index in [1.807, 2.05) is 13.8 Å². The summed E-state index contributed by atoms with van der Waals surface area (Å²) in [5.74, 6) is -0.455. The Balaban J connectivity index is 2.49. The molecule has 0 aliphatic heterocycles. The molecule has 0 amide bonds. The van der Waals surface area contributed by atoms with Gasteiger partial charge in [-0.1, -0.05) is 13.8 Å². The van der Waals surface area contributed by atoms with Crippen LogP contribution >= 0.6 is 11.6 Å². The Morgan fingerprint density at radius 1 is 1.60 bits per heavy atom. The smallest absolute Gasteiger partial charge is 0.308 e. The van der Waals surface area contributed by atoms with E-state index in [0.717, 1.165) is 0 Å². The summed E-state index contributed by atoms with van der Waals surface area (Å²) in [6.07, 6.45) is 0. The first kappa shape index (κ1) is 7.86. The third kappa shape index (κ3) is 1.12. The Kier molecular flexibility index (Phi) is 1.90. The summed E-state index contributed by atoms with van der Waals surface area (Å²) in [7, 11) is 0. The van der Waals surface area contributed by atoms with E-state index >= 15 is 0 Å². The van der Waals surface area contributed by atoms with Crippen LogP contribution in [0.4, 0.5) is 0 Å². The molecule has 1 aliphatic carbocycles. The van der Waals surface area contributed by atoms with Gasteiger partial charge in [0.15, 0.2) is 0 Å². The van der Waals surface area contributed by atoms with Crippen LogP contribution in [0.3, 0.4) is 0 Å². The van der Waals surface area contributed by atoms with E-state index in [4.69, 9.17) is 16.7 Å². The predicted molar refractivity (Wildman–Crippen MR) is 39.1 cm³/mol. The van der Waals surface area contributed by atoms with Crippen molar-refractivity contribution in [3.63, 3.8) is 0 Å². The molecule has 0 spiro atoms. The number of hydrogen-bond donors (Lipinski definition) is 1. The molecule has 2 nitrogen and oxygen atoms in total. The molecule has 1 rings (SSSR count). The largest absolute Gasteiger partial charge is 0.481 e. The Bertz CT molecular complexity index is 156. The summed E-state index contributed by atoms with van der Waals surface area (Å²) < 4.78 is 0. The van der Waals surface area contributed by atoms with Crippen molar-refractivity contribution in [2.24, 2.45) is 17.8 Å². The van der Waals surface area contributed by atoms with Gasteiger partial charge >= 0.3 is 5.97 Å². The van der Waals surface area contributed by atoms with Gasteiger partial charge in [-0.05, 0) is 11.8 Å². The second kappa shape index (κ2) is 2.42. The summed E-state index contributed by atoms with van der Waals surface area (Å²) in [6.45, 7) is 4.01. The molecule has 0 aromatic rings. The van der Waals surface area contributed by atoms with Crippen molar-refractivity contribution in [3.8, 4) is 0 Å². The molecule has 3 heteroatoms. The molecule has 10 heavy (non-hydrogen) atoms. The van der Waals surface area contributed by atoms with Crippen LogP contribution in [0.2, 0.25) is 0 Å². The molecule has 1 aliphatic rings. The van der Waals surface area contributed by atoms with Crippen molar-refractivity contribution in [2.45, 2.75) is 19.2 Å². The van der Waals surface area contributed by atoms with Gasteiger partial charge in [-0.15, -0.1) is 11.6 Å². The van der Waals surface area contributed by atoms with E-state index in [-0.39, 0.29) is 17.2 Å². The molecule has 0 aromatic heterocycles. The van der Waals surface area contributed by atoms with E-state index in [2.05, 4.69) is 0 Å². The Morgan fingerprint density at radius 2 is 2.10 bits per heavy atom. The summed E-state index contributed by atoms with van der Waals surface area (Å²) >= 11 is 5.73. The summed E-state index contributed by atoms with van der Waals surface area (Å²) in [5, 5.41) is 8.43. The number of hydrogen-bond acceptors (Lipinski definition) is 1. The molecule has 0 saturated heterocycles. The molecule has 1 saturated carbocycles. The molecule has 58 valence electrons. The zero-order chi connectivity index (χ0) is 7.89. The standard InChI is InChI=1S/C7H11ClO2/c1-3(2)4-5(6(4)8)7(9)10/h3-6H,1-2H3,(H,9,10)/t4-,5+,6+/m0/s1. The quantitative estimate of drug-likeness (QED) is 0.626. The minimum absolute atomic E-state index is 0.127. The second-order valence-electron chi connectivity index (χ2n) is 3.13. The third-order valence-electron chi connectivity index (χ3n) is 2.04. The first-order valence-electron chi connectivity index (χ1n) is 3.42. The summed E-state index contributed by atoms with van der Waals surface area (Å²) in [4.78, 5) is 10.4. The zero-order valence-electron chi connectivity index (χ0n) is 6.04. The number of carboxylic acids is 1. The van der Waals surface area contributed by atoms with Crippen LogP contribution in [0.1, 0.15) is 13.8 Å². The lowest BCUT2D eigenvalue weighted by Crippen LogP contribution is -2.02. The second-order valence-corrected chi connectivity index (χ2v) is 3.63. The van der Waals surface area contributed by atoms with Gasteiger partial charge in [0.1, 0.15) is 0 Å². The van der Waals surface area contributed by atoms with Gasteiger partial charge in [-0.3, -0.25) is 4.79 Å². The fraction of sp³-hybridized carbons (Fsp3) is 0.857. The van der Waals surface area contributed by atoms with E-state index in [9.17, 15) is 4.79 Å². The van der Waals surface area contributed by atoms with Gasteiger partial charge in [0.05, 0.1) is 11.3 Å². The maximum absolute atomic E-state index is 10.4. The average Bonchev–Trinajstić information content (AvgIpc) is 2.40. The van der Waals surface area contributed by atoms with Crippen LogP contribution in [-0.4, -0.2) is 16.5 Å². The van der Waals surface area contributed by atoms with Crippen LogP contribution in [-0.2, 0) is 4.79 Å². The molecule has 3 atom stereocenters. The molecule has 1 fully saturated rings. The molecule has 0 unspecified atom stereocenters.